The number of nitrogens with zero attached hydrogens (tertiary/aromatic N) is 1. The maximum atomic E-state index is 14.1. The predicted molar refractivity (Wildman–Crippen MR) is 125 cm³/mol. The van der Waals surface area contributed by atoms with E-state index in [0.717, 1.165) is 6.07 Å². The molecule has 0 spiro atoms. The van der Waals surface area contributed by atoms with E-state index >= 15 is 0 Å². The molecule has 8 nitrogen and oxygen atoms in total. The highest BCUT2D eigenvalue weighted by Gasteiger charge is 2.54. The van der Waals surface area contributed by atoms with E-state index in [1.165, 1.54) is 30.3 Å². The fourth-order valence-electron chi connectivity index (χ4n) is 4.19. The number of carbonyl (C=O) groups excluding carboxylic acids is 1. The van der Waals surface area contributed by atoms with Gasteiger partial charge in [-0.3, -0.25) is 4.79 Å². The molecule has 2 aromatic rings. The van der Waals surface area contributed by atoms with Crippen LogP contribution in [0.1, 0.15) is 56.9 Å². The Bertz CT molecular complexity index is 1230. The lowest BCUT2D eigenvalue weighted by molar-refractivity contribution is -0.128. The summed E-state index contributed by atoms with van der Waals surface area (Å²) in [5.41, 5.74) is -0.998. The number of ether oxygens (including phenoxy) is 1. The number of nitrogens with one attached hydrogen (secondary N) is 2. The first-order valence-corrected chi connectivity index (χ1v) is 13.2. The summed E-state index contributed by atoms with van der Waals surface area (Å²) in [6, 6.07) is 7.59. The van der Waals surface area contributed by atoms with Gasteiger partial charge in [-0.15, -0.1) is 0 Å². The van der Waals surface area contributed by atoms with E-state index in [1.807, 2.05) is 4.72 Å². The molecule has 2 fully saturated rings. The number of aromatic nitrogens is 1. The first kappa shape index (κ1) is 26.2. The maximum Gasteiger partial charge on any atom is 0.281 e. The number of pyridine rings is 1. The third-order valence-corrected chi connectivity index (χ3v) is 7.68. The third kappa shape index (κ3) is 5.92. The Morgan fingerprint density at radius 2 is 1.89 bits per heavy atom. The molecule has 1 aromatic carbocycles. The van der Waals surface area contributed by atoms with Gasteiger partial charge < -0.3 is 15.2 Å². The van der Waals surface area contributed by atoms with Gasteiger partial charge in [0.2, 0.25) is 5.92 Å². The van der Waals surface area contributed by atoms with Crippen LogP contribution >= 0.6 is 0 Å². The number of halogens is 3. The van der Waals surface area contributed by atoms with Crippen molar-refractivity contribution in [2.75, 3.05) is 11.9 Å². The van der Waals surface area contributed by atoms with Crippen LogP contribution in [-0.2, 0) is 14.8 Å². The number of rotatable bonds is 9. The second kappa shape index (κ2) is 9.89. The molecule has 0 bridgehead atoms. The van der Waals surface area contributed by atoms with Gasteiger partial charge in [0.15, 0.2) is 10.6 Å². The Morgan fingerprint density at radius 3 is 2.53 bits per heavy atom. The van der Waals surface area contributed by atoms with Crippen LogP contribution in [0, 0.1) is 5.82 Å². The SMILES string of the molecule is CC(CO)Nc1cccc(S(=O)(=O)NC(=O)C2(Oc3cc(F)ccc3C3CCC(F)(F)CC3)CC2)n1. The number of aliphatic hydroxyl groups is 1. The van der Waals surface area contributed by atoms with Gasteiger partial charge in [0.1, 0.15) is 17.4 Å². The molecule has 3 N–H and O–H groups in total. The first-order valence-electron chi connectivity index (χ1n) is 11.7. The van der Waals surface area contributed by atoms with Gasteiger partial charge in [-0.1, -0.05) is 12.1 Å². The second-order valence-corrected chi connectivity index (χ2v) is 11.1. The zero-order valence-electron chi connectivity index (χ0n) is 19.6. The molecule has 1 unspecified atom stereocenters. The molecule has 12 heteroatoms. The number of aliphatic hydroxyl groups excluding tert-OH is 1. The van der Waals surface area contributed by atoms with Crippen LogP contribution in [0.25, 0.3) is 0 Å². The predicted octanol–water partition coefficient (Wildman–Crippen LogP) is 3.72. The molecule has 4 rings (SSSR count). The summed E-state index contributed by atoms with van der Waals surface area (Å²) in [4.78, 5) is 17.0. The topological polar surface area (TPSA) is 118 Å². The lowest BCUT2D eigenvalue weighted by Crippen LogP contribution is -2.43. The highest BCUT2D eigenvalue weighted by molar-refractivity contribution is 7.90. The van der Waals surface area contributed by atoms with Gasteiger partial charge in [0.05, 0.1) is 6.61 Å². The minimum absolute atomic E-state index is 0.0533. The van der Waals surface area contributed by atoms with Crippen molar-refractivity contribution in [1.82, 2.24) is 9.71 Å². The molecular weight excluding hydrogens is 499 g/mol. The number of carbonyl (C=O) groups is 1. The molecule has 2 aliphatic rings. The summed E-state index contributed by atoms with van der Waals surface area (Å²) in [5, 5.41) is 11.6. The van der Waals surface area contributed by atoms with Crippen LogP contribution in [0.2, 0.25) is 0 Å². The van der Waals surface area contributed by atoms with Crippen molar-refractivity contribution in [3.05, 3.63) is 47.8 Å². The Labute approximate surface area is 207 Å². The van der Waals surface area contributed by atoms with E-state index in [4.69, 9.17) is 9.84 Å². The van der Waals surface area contributed by atoms with E-state index in [2.05, 4.69) is 10.3 Å². The highest BCUT2D eigenvalue weighted by atomic mass is 32.2. The standard InChI is InChI=1S/C24H28F3N3O5S/c1-15(14-31)28-20-3-2-4-21(29-20)36(33,34)30-22(32)23(11-12-23)35-19-13-17(25)5-6-18(19)16-7-9-24(26,27)10-8-16/h2-6,13,15-16,31H,7-12,14H2,1H3,(H,28,29)(H,30,32). The largest absolute Gasteiger partial charge is 0.477 e. The highest BCUT2D eigenvalue weighted by Crippen LogP contribution is 2.47. The van der Waals surface area contributed by atoms with E-state index in [-0.39, 0.29) is 68.7 Å². The summed E-state index contributed by atoms with van der Waals surface area (Å²) in [6.45, 7) is 1.49. The monoisotopic (exact) mass is 527 g/mol. The third-order valence-electron chi connectivity index (χ3n) is 6.45. The number of alkyl halides is 2. The van der Waals surface area contributed by atoms with Crippen LogP contribution < -0.4 is 14.8 Å². The lowest BCUT2D eigenvalue weighted by Gasteiger charge is -2.30. The second-order valence-electron chi connectivity index (χ2n) is 9.43. The van der Waals surface area contributed by atoms with Crippen molar-refractivity contribution in [1.29, 1.82) is 0 Å². The summed E-state index contributed by atoms with van der Waals surface area (Å²) in [6.07, 6.45) is 0.194. The number of anilines is 1. The number of benzene rings is 1. The molecule has 0 radical (unpaired) electrons. The minimum Gasteiger partial charge on any atom is -0.477 e. The number of hydrogen-bond donors (Lipinski definition) is 3. The molecule has 36 heavy (non-hydrogen) atoms. The van der Waals surface area contributed by atoms with Gasteiger partial charge in [-0.2, -0.15) is 8.42 Å². The smallest absolute Gasteiger partial charge is 0.281 e. The van der Waals surface area contributed by atoms with Crippen molar-refractivity contribution in [3.8, 4) is 5.75 Å². The fraction of sp³-hybridized carbons (Fsp3) is 0.500. The van der Waals surface area contributed by atoms with E-state index in [0.29, 0.717) is 5.56 Å². The van der Waals surface area contributed by atoms with Gasteiger partial charge in [-0.25, -0.2) is 22.9 Å². The molecule has 0 saturated heterocycles. The molecule has 1 heterocycles. The van der Waals surface area contributed by atoms with Gasteiger partial charge in [-0.05, 0) is 49.4 Å². The molecular formula is C24H28F3N3O5S. The van der Waals surface area contributed by atoms with Crippen molar-refractivity contribution >= 4 is 21.7 Å². The van der Waals surface area contributed by atoms with Crippen LogP contribution in [0.4, 0.5) is 19.0 Å². The van der Waals surface area contributed by atoms with Crippen molar-refractivity contribution in [2.45, 2.75) is 74.0 Å². The average Bonchev–Trinajstić information content (AvgIpc) is 3.60. The average molecular weight is 528 g/mol. The number of amides is 1. The molecule has 0 aliphatic heterocycles. The number of hydrogen-bond acceptors (Lipinski definition) is 7. The zero-order valence-corrected chi connectivity index (χ0v) is 20.5. The maximum absolute atomic E-state index is 14.1. The normalized spacial score (nSPS) is 19.8. The van der Waals surface area contributed by atoms with E-state index in [9.17, 15) is 26.4 Å². The minimum atomic E-state index is -4.36. The Hall–Kier alpha value is -2.86. The van der Waals surface area contributed by atoms with Crippen molar-refractivity contribution in [2.24, 2.45) is 0 Å². The van der Waals surface area contributed by atoms with E-state index in [1.54, 1.807) is 6.92 Å². The fourth-order valence-corrected chi connectivity index (χ4v) is 5.21. The lowest BCUT2D eigenvalue weighted by atomic mass is 9.82. The molecule has 1 atom stereocenters. The quantitative estimate of drug-likeness (QED) is 0.455. The van der Waals surface area contributed by atoms with Gasteiger partial charge in [0.25, 0.3) is 15.9 Å². The number of sulfonamides is 1. The Morgan fingerprint density at radius 1 is 1.19 bits per heavy atom. The molecule has 2 aliphatic carbocycles. The van der Waals surface area contributed by atoms with Crippen LogP contribution in [-0.4, -0.2) is 48.6 Å². The van der Waals surface area contributed by atoms with Gasteiger partial charge >= 0.3 is 0 Å². The Balaban J connectivity index is 1.50. The van der Waals surface area contributed by atoms with Crippen LogP contribution in [0.3, 0.4) is 0 Å². The molecule has 196 valence electrons. The molecule has 1 aromatic heterocycles. The Kier molecular flexibility index (Phi) is 7.20. The first-order chi connectivity index (χ1) is 16.9. The molecule has 1 amide bonds. The van der Waals surface area contributed by atoms with E-state index < -0.39 is 38.3 Å². The molecule has 2 saturated carbocycles. The van der Waals surface area contributed by atoms with Crippen LogP contribution in [0.5, 0.6) is 5.75 Å². The van der Waals surface area contributed by atoms with Crippen molar-refractivity contribution < 1.29 is 36.2 Å². The van der Waals surface area contributed by atoms with Gasteiger partial charge in [0, 0.05) is 37.8 Å². The summed E-state index contributed by atoms with van der Waals surface area (Å²) in [5.74, 6) is -4.31. The summed E-state index contributed by atoms with van der Waals surface area (Å²) in [7, 11) is -4.36. The van der Waals surface area contributed by atoms with Crippen molar-refractivity contribution in [3.63, 3.8) is 0 Å². The van der Waals surface area contributed by atoms with Crippen LogP contribution in [0.15, 0.2) is 41.4 Å². The summed E-state index contributed by atoms with van der Waals surface area (Å²) < 4.78 is 74.9. The summed E-state index contributed by atoms with van der Waals surface area (Å²) >= 11 is 0. The zero-order chi connectivity index (χ0) is 26.1.